The summed E-state index contributed by atoms with van der Waals surface area (Å²) >= 11 is 0. The molecular formula is C7H8N6. The maximum absolute atomic E-state index is 5.56. The molecule has 0 spiro atoms. The van der Waals surface area contributed by atoms with Crippen molar-refractivity contribution in [3.8, 4) is 11.5 Å². The SMILES string of the molecule is Nc1ccnc(-c2[nH]cnc2N)n1. The summed E-state index contributed by atoms with van der Waals surface area (Å²) in [6.45, 7) is 0. The van der Waals surface area contributed by atoms with E-state index < -0.39 is 0 Å². The van der Waals surface area contributed by atoms with Crippen LogP contribution in [0, 0.1) is 0 Å². The van der Waals surface area contributed by atoms with Crippen molar-refractivity contribution in [3.05, 3.63) is 18.6 Å². The van der Waals surface area contributed by atoms with Crippen LogP contribution in [-0.4, -0.2) is 19.9 Å². The Kier molecular flexibility index (Phi) is 1.59. The van der Waals surface area contributed by atoms with Gasteiger partial charge < -0.3 is 16.5 Å². The fourth-order valence-electron chi connectivity index (χ4n) is 0.977. The van der Waals surface area contributed by atoms with Crippen LogP contribution in [0.1, 0.15) is 0 Å². The summed E-state index contributed by atoms with van der Waals surface area (Å²) in [6, 6.07) is 1.61. The number of nitrogen functional groups attached to an aromatic ring is 2. The summed E-state index contributed by atoms with van der Waals surface area (Å²) in [6.07, 6.45) is 3.05. The highest BCUT2D eigenvalue weighted by molar-refractivity contribution is 5.64. The van der Waals surface area contributed by atoms with Crippen molar-refractivity contribution in [1.82, 2.24) is 19.9 Å². The van der Waals surface area contributed by atoms with E-state index in [1.165, 1.54) is 6.33 Å². The number of nitrogens with zero attached hydrogens (tertiary/aromatic N) is 3. The topological polar surface area (TPSA) is 106 Å². The summed E-state index contributed by atoms with van der Waals surface area (Å²) < 4.78 is 0. The fourth-order valence-corrected chi connectivity index (χ4v) is 0.977. The molecule has 0 aliphatic heterocycles. The summed E-state index contributed by atoms with van der Waals surface area (Å²) in [5, 5.41) is 0. The largest absolute Gasteiger partial charge is 0.384 e. The van der Waals surface area contributed by atoms with Crippen LogP contribution in [0.5, 0.6) is 0 Å². The van der Waals surface area contributed by atoms with Gasteiger partial charge in [-0.05, 0) is 6.07 Å². The molecule has 2 aromatic rings. The van der Waals surface area contributed by atoms with Crippen molar-refractivity contribution in [3.63, 3.8) is 0 Å². The molecule has 0 aliphatic rings. The molecule has 0 aromatic carbocycles. The Balaban J connectivity index is 2.53. The van der Waals surface area contributed by atoms with E-state index in [1.807, 2.05) is 0 Å². The summed E-state index contributed by atoms with van der Waals surface area (Å²) in [4.78, 5) is 14.6. The lowest BCUT2D eigenvalue weighted by Gasteiger charge is -1.97. The van der Waals surface area contributed by atoms with Gasteiger partial charge in [0.15, 0.2) is 11.6 Å². The van der Waals surface area contributed by atoms with Crippen LogP contribution in [0.25, 0.3) is 11.5 Å². The lowest BCUT2D eigenvalue weighted by Crippen LogP contribution is -1.97. The number of hydrogen-bond donors (Lipinski definition) is 3. The Morgan fingerprint density at radius 2 is 2.08 bits per heavy atom. The normalized spacial score (nSPS) is 10.2. The highest BCUT2D eigenvalue weighted by Crippen LogP contribution is 2.17. The van der Waals surface area contributed by atoms with Gasteiger partial charge in [-0.3, -0.25) is 0 Å². The lowest BCUT2D eigenvalue weighted by atomic mass is 10.4. The minimum Gasteiger partial charge on any atom is -0.384 e. The molecule has 0 aliphatic carbocycles. The first-order valence-corrected chi connectivity index (χ1v) is 3.65. The molecule has 2 aromatic heterocycles. The molecular weight excluding hydrogens is 168 g/mol. The molecule has 5 N–H and O–H groups in total. The molecule has 13 heavy (non-hydrogen) atoms. The van der Waals surface area contributed by atoms with Crippen LogP contribution in [-0.2, 0) is 0 Å². The van der Waals surface area contributed by atoms with Crippen molar-refractivity contribution in [2.75, 3.05) is 11.5 Å². The Hall–Kier alpha value is -2.11. The van der Waals surface area contributed by atoms with Gasteiger partial charge in [0.1, 0.15) is 11.5 Å². The van der Waals surface area contributed by atoms with Crippen molar-refractivity contribution in [2.24, 2.45) is 0 Å². The molecule has 6 heteroatoms. The Bertz CT molecular complexity index is 420. The third-order valence-corrected chi connectivity index (χ3v) is 1.57. The number of nitrogens with two attached hydrogens (primary N) is 2. The van der Waals surface area contributed by atoms with Gasteiger partial charge in [0.2, 0.25) is 0 Å². The molecule has 66 valence electrons. The van der Waals surface area contributed by atoms with Crippen LogP contribution >= 0.6 is 0 Å². The molecule has 0 saturated heterocycles. The fraction of sp³-hybridized carbons (Fsp3) is 0. The van der Waals surface area contributed by atoms with Crippen LogP contribution in [0.3, 0.4) is 0 Å². The molecule has 2 heterocycles. The van der Waals surface area contributed by atoms with E-state index in [4.69, 9.17) is 11.5 Å². The predicted molar refractivity (Wildman–Crippen MR) is 48.4 cm³/mol. The van der Waals surface area contributed by atoms with Crippen LogP contribution in [0.15, 0.2) is 18.6 Å². The monoisotopic (exact) mass is 176 g/mol. The third kappa shape index (κ3) is 1.28. The van der Waals surface area contributed by atoms with Gasteiger partial charge in [-0.2, -0.15) is 0 Å². The second-order valence-electron chi connectivity index (χ2n) is 2.47. The Morgan fingerprint density at radius 1 is 1.23 bits per heavy atom. The molecule has 0 saturated carbocycles. The van der Waals surface area contributed by atoms with Gasteiger partial charge in [-0.15, -0.1) is 0 Å². The van der Waals surface area contributed by atoms with Crippen molar-refractivity contribution >= 4 is 11.6 Å². The van der Waals surface area contributed by atoms with Crippen molar-refractivity contribution < 1.29 is 0 Å². The molecule has 6 nitrogen and oxygen atoms in total. The Morgan fingerprint density at radius 3 is 2.69 bits per heavy atom. The third-order valence-electron chi connectivity index (χ3n) is 1.57. The molecule has 0 amide bonds. The van der Waals surface area contributed by atoms with E-state index in [1.54, 1.807) is 12.3 Å². The first kappa shape index (κ1) is 7.53. The maximum atomic E-state index is 5.56. The van der Waals surface area contributed by atoms with E-state index in [-0.39, 0.29) is 0 Å². The van der Waals surface area contributed by atoms with E-state index in [2.05, 4.69) is 19.9 Å². The van der Waals surface area contributed by atoms with Gasteiger partial charge in [-0.25, -0.2) is 15.0 Å². The van der Waals surface area contributed by atoms with Crippen molar-refractivity contribution in [1.29, 1.82) is 0 Å². The quantitative estimate of drug-likeness (QED) is 0.568. The Labute approximate surface area is 74.0 Å². The van der Waals surface area contributed by atoms with Gasteiger partial charge in [-0.1, -0.05) is 0 Å². The average Bonchev–Trinajstić information content (AvgIpc) is 2.51. The first-order chi connectivity index (χ1) is 6.27. The minimum absolute atomic E-state index is 0.366. The van der Waals surface area contributed by atoms with Crippen LogP contribution in [0.2, 0.25) is 0 Å². The van der Waals surface area contributed by atoms with Crippen molar-refractivity contribution in [2.45, 2.75) is 0 Å². The number of nitrogens with one attached hydrogen (secondary N) is 1. The summed E-state index contributed by atoms with van der Waals surface area (Å²) in [7, 11) is 0. The van der Waals surface area contributed by atoms with Crippen LogP contribution in [0.4, 0.5) is 11.6 Å². The zero-order valence-electron chi connectivity index (χ0n) is 6.73. The molecule has 0 radical (unpaired) electrons. The first-order valence-electron chi connectivity index (χ1n) is 3.65. The van der Waals surface area contributed by atoms with E-state index in [9.17, 15) is 0 Å². The number of aromatic nitrogens is 4. The highest BCUT2D eigenvalue weighted by atomic mass is 15.0. The maximum Gasteiger partial charge on any atom is 0.181 e. The molecule has 0 fully saturated rings. The van der Waals surface area contributed by atoms with E-state index in [0.29, 0.717) is 23.2 Å². The van der Waals surface area contributed by atoms with Gasteiger partial charge >= 0.3 is 0 Å². The zero-order valence-corrected chi connectivity index (χ0v) is 6.73. The van der Waals surface area contributed by atoms with Gasteiger partial charge in [0.25, 0.3) is 0 Å². The zero-order chi connectivity index (χ0) is 9.26. The number of aromatic amines is 1. The minimum atomic E-state index is 0.366. The van der Waals surface area contributed by atoms with Gasteiger partial charge in [0.05, 0.1) is 6.33 Å². The second-order valence-corrected chi connectivity index (χ2v) is 2.47. The number of hydrogen-bond acceptors (Lipinski definition) is 5. The number of rotatable bonds is 1. The second kappa shape index (κ2) is 2.74. The number of imidazole rings is 1. The predicted octanol–water partition coefficient (Wildman–Crippen LogP) is 0.0311. The number of anilines is 2. The molecule has 0 unspecified atom stereocenters. The molecule has 0 bridgehead atoms. The average molecular weight is 176 g/mol. The van der Waals surface area contributed by atoms with Crippen LogP contribution < -0.4 is 11.5 Å². The molecule has 2 rings (SSSR count). The van der Waals surface area contributed by atoms with Gasteiger partial charge in [0, 0.05) is 6.20 Å². The van der Waals surface area contributed by atoms with E-state index in [0.717, 1.165) is 0 Å². The number of H-pyrrole nitrogens is 1. The smallest absolute Gasteiger partial charge is 0.181 e. The lowest BCUT2D eigenvalue weighted by molar-refractivity contribution is 1.16. The standard InChI is InChI=1S/C7H8N6/c8-4-1-2-10-7(13-4)5-6(9)12-3-11-5/h1-3H,9H2,(H,11,12)(H2,8,10,13). The summed E-state index contributed by atoms with van der Waals surface area (Å²) in [5.41, 5.74) is 11.6. The summed E-state index contributed by atoms with van der Waals surface area (Å²) in [5.74, 6) is 1.22. The molecule has 0 atom stereocenters. The van der Waals surface area contributed by atoms with E-state index >= 15 is 0 Å². The highest BCUT2D eigenvalue weighted by Gasteiger charge is 2.07.